The molecule has 0 radical (unpaired) electrons. The maximum absolute atomic E-state index is 9.24. The van der Waals surface area contributed by atoms with Crippen LogP contribution in [0.3, 0.4) is 0 Å². The molecule has 2 aromatic rings. The average Bonchev–Trinajstić information content (AvgIpc) is 3.04. The van der Waals surface area contributed by atoms with Crippen LogP contribution >= 0.6 is 0 Å². The van der Waals surface area contributed by atoms with E-state index < -0.39 is 0 Å². The van der Waals surface area contributed by atoms with Gasteiger partial charge in [0.15, 0.2) is 0 Å². The van der Waals surface area contributed by atoms with Gasteiger partial charge in [-0.3, -0.25) is 0 Å². The van der Waals surface area contributed by atoms with Crippen LogP contribution in [0.1, 0.15) is 192 Å². The number of rotatable bonds is 28. The van der Waals surface area contributed by atoms with Gasteiger partial charge < -0.3 is 25.1 Å². The van der Waals surface area contributed by atoms with Gasteiger partial charge in [0.25, 0.3) is 0 Å². The SMILES string of the molecule is CCCCCCCCCCCCCCCc1ccc(O)cc1.CCCCCCCCCCCCCCCc1ccc(O)cc1.[CH3-].[CH3-].[Zr+2]. The Hall–Kier alpha value is -1.08. The first-order valence-corrected chi connectivity index (χ1v) is 19.2. The summed E-state index contributed by atoms with van der Waals surface area (Å²) in [5.41, 5.74) is 2.70. The number of phenolic OH excluding ortho intramolecular Hbond substituents is 2. The fraction of sp³-hybridized carbons (Fsp3) is 0.682. The van der Waals surface area contributed by atoms with E-state index in [4.69, 9.17) is 0 Å². The van der Waals surface area contributed by atoms with Crippen LogP contribution in [0.15, 0.2) is 48.5 Å². The number of aryl methyl sites for hydroxylation is 2. The molecular formula is C44H78O2Zr. The van der Waals surface area contributed by atoms with E-state index >= 15 is 0 Å². The van der Waals surface area contributed by atoms with Crippen molar-refractivity contribution in [1.82, 2.24) is 0 Å². The van der Waals surface area contributed by atoms with Gasteiger partial charge in [-0.15, -0.1) is 0 Å². The molecule has 0 unspecified atom stereocenters. The zero-order valence-electron chi connectivity index (χ0n) is 31.8. The quantitative estimate of drug-likeness (QED) is 0.0676. The largest absolute Gasteiger partial charge is 2.00 e. The molecule has 0 spiro atoms. The summed E-state index contributed by atoms with van der Waals surface area (Å²) < 4.78 is 0. The summed E-state index contributed by atoms with van der Waals surface area (Å²) in [6.07, 6.45) is 38.9. The molecule has 2 N–H and O–H groups in total. The molecule has 0 bridgehead atoms. The first-order chi connectivity index (χ1) is 21.7. The molecule has 0 aliphatic carbocycles. The maximum atomic E-state index is 9.24. The van der Waals surface area contributed by atoms with Crippen molar-refractivity contribution in [3.63, 3.8) is 0 Å². The summed E-state index contributed by atoms with van der Waals surface area (Å²) in [6.45, 7) is 4.56. The Balaban J connectivity index is -0.000000774. The summed E-state index contributed by atoms with van der Waals surface area (Å²) in [5.74, 6) is 0.739. The third-order valence-corrected chi connectivity index (χ3v) is 9.01. The number of hydrogen-bond acceptors (Lipinski definition) is 2. The standard InChI is InChI=1S/2C21H36O.2CH3.Zr/c2*1-2-3-4-5-6-7-8-9-10-11-12-13-14-15-20-16-18-21(22)19-17-20;;;/h2*16-19,22H,2-15H2,1H3;2*1H3;/q;;2*-1;+2. The molecule has 0 saturated heterocycles. The van der Waals surface area contributed by atoms with Crippen LogP contribution in [0, 0.1) is 14.9 Å². The maximum Gasteiger partial charge on any atom is 2.00 e. The zero-order valence-corrected chi connectivity index (χ0v) is 34.3. The molecule has 0 amide bonds. The summed E-state index contributed by atoms with van der Waals surface area (Å²) in [4.78, 5) is 0. The number of aromatic hydroxyl groups is 2. The van der Waals surface area contributed by atoms with Crippen molar-refractivity contribution < 1.29 is 36.4 Å². The third kappa shape index (κ3) is 34.6. The predicted octanol–water partition coefficient (Wildman–Crippen LogP) is 14.9. The minimum atomic E-state index is 0. The first-order valence-electron chi connectivity index (χ1n) is 19.2. The van der Waals surface area contributed by atoms with Crippen molar-refractivity contribution in [2.75, 3.05) is 0 Å². The van der Waals surface area contributed by atoms with E-state index in [9.17, 15) is 10.2 Å². The van der Waals surface area contributed by atoms with E-state index in [1.807, 2.05) is 24.3 Å². The minimum absolute atomic E-state index is 0. The van der Waals surface area contributed by atoms with Crippen LogP contribution in [0.5, 0.6) is 11.5 Å². The average molecular weight is 730 g/mol. The van der Waals surface area contributed by atoms with Crippen LogP contribution in [0.25, 0.3) is 0 Å². The Morgan fingerprint density at radius 2 is 0.511 bits per heavy atom. The zero-order chi connectivity index (χ0) is 31.8. The summed E-state index contributed by atoms with van der Waals surface area (Å²) >= 11 is 0. The Bertz CT molecular complexity index is 761. The van der Waals surface area contributed by atoms with Crippen LogP contribution in [-0.4, -0.2) is 10.2 Å². The van der Waals surface area contributed by atoms with E-state index in [1.54, 1.807) is 24.3 Å². The first kappa shape index (κ1) is 50.3. The van der Waals surface area contributed by atoms with Crippen molar-refractivity contribution in [2.24, 2.45) is 0 Å². The minimum Gasteiger partial charge on any atom is -0.508 e. The Labute approximate surface area is 314 Å². The van der Waals surface area contributed by atoms with Gasteiger partial charge in [-0.2, -0.15) is 0 Å². The molecule has 2 nitrogen and oxygen atoms in total. The van der Waals surface area contributed by atoms with Crippen LogP contribution in [0.4, 0.5) is 0 Å². The molecule has 0 atom stereocenters. The normalized spacial score (nSPS) is 10.3. The number of benzene rings is 2. The van der Waals surface area contributed by atoms with Crippen LogP contribution in [0.2, 0.25) is 0 Å². The summed E-state index contributed by atoms with van der Waals surface area (Å²) in [5, 5.41) is 18.5. The molecule has 2 rings (SSSR count). The van der Waals surface area contributed by atoms with Gasteiger partial charge in [0.2, 0.25) is 0 Å². The van der Waals surface area contributed by atoms with Gasteiger partial charge in [0.1, 0.15) is 11.5 Å². The van der Waals surface area contributed by atoms with E-state index in [2.05, 4.69) is 13.8 Å². The second-order valence-corrected chi connectivity index (χ2v) is 13.3. The smallest absolute Gasteiger partial charge is 0.508 e. The Morgan fingerprint density at radius 3 is 0.723 bits per heavy atom. The second kappa shape index (κ2) is 39.4. The van der Waals surface area contributed by atoms with Gasteiger partial charge >= 0.3 is 26.2 Å². The van der Waals surface area contributed by atoms with Gasteiger partial charge in [0, 0.05) is 0 Å². The molecule has 0 saturated carbocycles. The van der Waals surface area contributed by atoms with Crippen molar-refractivity contribution in [1.29, 1.82) is 0 Å². The molecule has 0 heterocycles. The molecule has 0 aliphatic heterocycles. The summed E-state index contributed by atoms with van der Waals surface area (Å²) in [7, 11) is 0. The monoisotopic (exact) mass is 729 g/mol. The molecule has 0 aromatic heterocycles. The van der Waals surface area contributed by atoms with E-state index in [0.717, 1.165) is 12.8 Å². The van der Waals surface area contributed by atoms with E-state index in [1.165, 1.54) is 178 Å². The fourth-order valence-corrected chi connectivity index (χ4v) is 6.02. The van der Waals surface area contributed by atoms with E-state index in [-0.39, 0.29) is 41.1 Å². The van der Waals surface area contributed by atoms with Crippen molar-refractivity contribution in [2.45, 2.75) is 194 Å². The topological polar surface area (TPSA) is 40.5 Å². The van der Waals surface area contributed by atoms with E-state index in [0.29, 0.717) is 11.5 Å². The molecule has 270 valence electrons. The van der Waals surface area contributed by atoms with Crippen LogP contribution in [-0.2, 0) is 39.0 Å². The van der Waals surface area contributed by atoms with Gasteiger partial charge in [0.05, 0.1) is 0 Å². The molecule has 0 aliphatic rings. The number of phenols is 2. The number of hydrogen-bond donors (Lipinski definition) is 2. The van der Waals surface area contributed by atoms with Crippen molar-refractivity contribution in [3.05, 3.63) is 74.5 Å². The van der Waals surface area contributed by atoms with Gasteiger partial charge in [-0.1, -0.05) is 192 Å². The van der Waals surface area contributed by atoms with Crippen LogP contribution < -0.4 is 0 Å². The van der Waals surface area contributed by atoms with Gasteiger partial charge in [-0.05, 0) is 61.1 Å². The molecule has 47 heavy (non-hydrogen) atoms. The molecule has 0 fully saturated rings. The Morgan fingerprint density at radius 1 is 0.319 bits per heavy atom. The fourth-order valence-electron chi connectivity index (χ4n) is 6.02. The molecular weight excluding hydrogens is 652 g/mol. The van der Waals surface area contributed by atoms with Crippen molar-refractivity contribution >= 4 is 0 Å². The second-order valence-electron chi connectivity index (χ2n) is 13.3. The van der Waals surface area contributed by atoms with Gasteiger partial charge in [-0.25, -0.2) is 0 Å². The predicted molar refractivity (Wildman–Crippen MR) is 208 cm³/mol. The Kier molecular flexibility index (Phi) is 42.1. The summed E-state index contributed by atoms with van der Waals surface area (Å²) in [6, 6.07) is 15.3. The number of unbranched alkanes of at least 4 members (excludes halogenated alkanes) is 24. The molecule has 3 heteroatoms. The van der Waals surface area contributed by atoms with Crippen molar-refractivity contribution in [3.8, 4) is 11.5 Å². The molecule has 2 aromatic carbocycles. The third-order valence-electron chi connectivity index (χ3n) is 9.01.